The molecule has 1 aliphatic heterocycles. The van der Waals surface area contributed by atoms with E-state index < -0.39 is 22.5 Å². The van der Waals surface area contributed by atoms with Crippen molar-refractivity contribution < 1.29 is 28.8 Å². The largest absolute Gasteiger partial charge is 0.382 e. The van der Waals surface area contributed by atoms with E-state index in [0.717, 1.165) is 12.8 Å². The number of allylic oxidation sites excluding steroid dienone is 1. The molecule has 6 heteroatoms. The van der Waals surface area contributed by atoms with Crippen LogP contribution in [0.4, 0.5) is 0 Å². The van der Waals surface area contributed by atoms with Gasteiger partial charge in [-0.25, -0.2) is 0 Å². The minimum atomic E-state index is -1.35. The first-order valence-corrected chi connectivity index (χ1v) is 11.8. The zero-order chi connectivity index (χ0) is 23.7. The fourth-order valence-electron chi connectivity index (χ4n) is 6.68. The van der Waals surface area contributed by atoms with Gasteiger partial charge in [0.2, 0.25) is 0 Å². The molecule has 0 aromatic rings. The molecule has 0 aromatic heterocycles. The molecule has 0 aromatic carbocycles. The second kappa shape index (κ2) is 7.47. The Morgan fingerprint density at radius 2 is 1.88 bits per heavy atom. The van der Waals surface area contributed by atoms with Gasteiger partial charge in [0, 0.05) is 29.4 Å². The Kier molecular flexibility index (Phi) is 5.63. The van der Waals surface area contributed by atoms with Crippen molar-refractivity contribution in [1.29, 1.82) is 0 Å². The molecule has 0 amide bonds. The summed E-state index contributed by atoms with van der Waals surface area (Å²) in [5.74, 6) is -0.0547. The zero-order valence-electron chi connectivity index (χ0n) is 20.9. The first-order chi connectivity index (χ1) is 14.7. The molecule has 1 spiro atoms. The molecule has 0 unspecified atom stereocenters. The minimum absolute atomic E-state index is 0.0145. The van der Waals surface area contributed by atoms with Gasteiger partial charge in [0.1, 0.15) is 12.4 Å². The number of rotatable bonds is 4. The number of ether oxygens (including phenoxy) is 4. The van der Waals surface area contributed by atoms with E-state index in [-0.39, 0.29) is 35.8 Å². The first kappa shape index (κ1) is 24.1. The van der Waals surface area contributed by atoms with E-state index in [1.165, 1.54) is 0 Å². The lowest BCUT2D eigenvalue weighted by atomic mass is 9.50. The lowest BCUT2D eigenvalue weighted by Gasteiger charge is -2.58. The Balaban J connectivity index is 1.93. The molecule has 3 aliphatic carbocycles. The summed E-state index contributed by atoms with van der Waals surface area (Å²) in [4.78, 5) is 13.3. The predicted molar refractivity (Wildman–Crippen MR) is 121 cm³/mol. The molecular formula is C26H40O6. The highest BCUT2D eigenvalue weighted by Gasteiger charge is 2.67. The van der Waals surface area contributed by atoms with Crippen molar-refractivity contribution in [1.82, 2.24) is 0 Å². The Morgan fingerprint density at radius 1 is 1.22 bits per heavy atom. The number of hydrogen-bond donors (Lipinski definition) is 1. The maximum Gasteiger partial charge on any atom is 0.182 e. The van der Waals surface area contributed by atoms with Gasteiger partial charge < -0.3 is 24.1 Å². The number of hydrogen-bond acceptors (Lipinski definition) is 6. The average Bonchev–Trinajstić information content (AvgIpc) is 3.44. The van der Waals surface area contributed by atoms with Crippen LogP contribution in [0.5, 0.6) is 0 Å². The number of aliphatic hydroxyl groups is 1. The molecule has 32 heavy (non-hydrogen) atoms. The number of carbonyl (C=O) groups excluding carboxylic acids is 1. The Hall–Kier alpha value is -1.05. The number of methoxy groups -OCH3 is 1. The Bertz CT molecular complexity index is 845. The van der Waals surface area contributed by atoms with Crippen LogP contribution >= 0.6 is 0 Å². The van der Waals surface area contributed by atoms with Crippen LogP contribution in [0.2, 0.25) is 0 Å². The van der Waals surface area contributed by atoms with Gasteiger partial charge in [0.15, 0.2) is 5.78 Å². The SMILES string of the molecule is COCO[C@@H]1C[C@]2(C)[C@@H](OC(C)(C)C)CC[C@@]3(CO3)[C@@H]2/C=C2/C(=O)C=C(C)[C@@]1(O)C2(C)C. The third-order valence-corrected chi connectivity index (χ3v) is 8.51. The standard InChI is InChI=1S/C26H40O6/c1-16-11-18(27)17-12-19-24(7,13-21(30-15-29-8)26(16,28)23(17,5)6)20(32-22(2,3)4)9-10-25(19)14-31-25/h11-12,19-21,28H,9-10,13-15H2,1-8H3/b17-12-/t19-,20+,21-,24+,25-,26+/m1/s1. The van der Waals surface area contributed by atoms with Gasteiger partial charge in [-0.3, -0.25) is 4.79 Å². The summed E-state index contributed by atoms with van der Waals surface area (Å²) in [6.07, 6.45) is 5.40. The van der Waals surface area contributed by atoms with Crippen molar-refractivity contribution >= 4 is 5.78 Å². The lowest BCUT2D eigenvalue weighted by molar-refractivity contribution is -0.217. The number of epoxide rings is 1. The van der Waals surface area contributed by atoms with E-state index in [4.69, 9.17) is 18.9 Å². The molecule has 6 nitrogen and oxygen atoms in total. The Morgan fingerprint density at radius 3 is 2.44 bits per heavy atom. The van der Waals surface area contributed by atoms with Gasteiger partial charge in [0.05, 0.1) is 30.0 Å². The van der Waals surface area contributed by atoms with Crippen molar-refractivity contribution in [2.24, 2.45) is 16.7 Å². The maximum atomic E-state index is 13.3. The van der Waals surface area contributed by atoms with Crippen LogP contribution in [-0.4, -0.2) is 60.4 Å². The quantitative estimate of drug-likeness (QED) is 0.518. The topological polar surface area (TPSA) is 77.5 Å². The summed E-state index contributed by atoms with van der Waals surface area (Å²) < 4.78 is 24.2. The zero-order valence-corrected chi connectivity index (χ0v) is 20.9. The highest BCUT2D eigenvalue weighted by Crippen LogP contribution is 2.63. The fourth-order valence-corrected chi connectivity index (χ4v) is 6.68. The molecule has 6 atom stereocenters. The van der Waals surface area contributed by atoms with Gasteiger partial charge >= 0.3 is 0 Å². The number of ketones is 1. The summed E-state index contributed by atoms with van der Waals surface area (Å²) in [6, 6.07) is 0. The average molecular weight is 449 g/mol. The van der Waals surface area contributed by atoms with Crippen molar-refractivity contribution in [3.05, 3.63) is 23.3 Å². The minimum Gasteiger partial charge on any atom is -0.382 e. The highest BCUT2D eigenvalue weighted by atomic mass is 16.7. The smallest absolute Gasteiger partial charge is 0.182 e. The van der Waals surface area contributed by atoms with Crippen LogP contribution in [0.15, 0.2) is 23.3 Å². The second-order valence-electron chi connectivity index (χ2n) is 12.0. The van der Waals surface area contributed by atoms with Crippen molar-refractivity contribution in [2.75, 3.05) is 20.5 Å². The molecule has 1 N–H and O–H groups in total. The Labute approximate surface area is 192 Å². The van der Waals surface area contributed by atoms with Crippen LogP contribution in [-0.2, 0) is 23.7 Å². The second-order valence-corrected chi connectivity index (χ2v) is 12.0. The van der Waals surface area contributed by atoms with Crippen molar-refractivity contribution in [3.8, 4) is 0 Å². The maximum absolute atomic E-state index is 13.3. The molecule has 4 rings (SSSR count). The molecule has 180 valence electrons. The molecule has 1 heterocycles. The lowest BCUT2D eigenvalue weighted by Crippen LogP contribution is -2.64. The van der Waals surface area contributed by atoms with E-state index in [9.17, 15) is 9.90 Å². The van der Waals surface area contributed by atoms with Gasteiger partial charge in [-0.15, -0.1) is 0 Å². The van der Waals surface area contributed by atoms with Crippen LogP contribution < -0.4 is 0 Å². The van der Waals surface area contributed by atoms with E-state index >= 15 is 0 Å². The van der Waals surface area contributed by atoms with E-state index in [0.29, 0.717) is 24.2 Å². The summed E-state index contributed by atoms with van der Waals surface area (Å²) in [5, 5.41) is 12.3. The number of fused-ring (bicyclic) bond motifs is 4. The third kappa shape index (κ3) is 3.45. The van der Waals surface area contributed by atoms with E-state index in [2.05, 4.69) is 33.8 Å². The normalized spacial score (nSPS) is 44.8. The van der Waals surface area contributed by atoms with Crippen LogP contribution in [0, 0.1) is 16.7 Å². The number of carbonyl (C=O) groups is 1. The third-order valence-electron chi connectivity index (χ3n) is 8.51. The van der Waals surface area contributed by atoms with Crippen molar-refractivity contribution in [3.63, 3.8) is 0 Å². The molecule has 0 radical (unpaired) electrons. The highest BCUT2D eigenvalue weighted by molar-refractivity contribution is 6.07. The van der Waals surface area contributed by atoms with Crippen LogP contribution in [0.25, 0.3) is 0 Å². The molecule has 4 aliphatic rings. The van der Waals surface area contributed by atoms with Gasteiger partial charge in [0.25, 0.3) is 0 Å². The first-order valence-electron chi connectivity index (χ1n) is 11.8. The molecule has 2 fully saturated rings. The van der Waals surface area contributed by atoms with Gasteiger partial charge in [-0.1, -0.05) is 26.8 Å². The molecule has 1 saturated heterocycles. The molecule has 1 saturated carbocycles. The van der Waals surface area contributed by atoms with Crippen LogP contribution in [0.1, 0.15) is 67.7 Å². The fraction of sp³-hybridized carbons (Fsp3) is 0.808. The van der Waals surface area contributed by atoms with Gasteiger partial charge in [-0.05, 0) is 58.6 Å². The molecule has 2 bridgehead atoms. The van der Waals surface area contributed by atoms with E-state index in [1.807, 2.05) is 20.8 Å². The van der Waals surface area contributed by atoms with Crippen molar-refractivity contribution in [2.45, 2.75) is 96.7 Å². The summed E-state index contributed by atoms with van der Waals surface area (Å²) in [6.45, 7) is 14.9. The van der Waals surface area contributed by atoms with E-state index in [1.54, 1.807) is 13.2 Å². The summed E-state index contributed by atoms with van der Waals surface area (Å²) in [7, 11) is 1.58. The summed E-state index contributed by atoms with van der Waals surface area (Å²) in [5.41, 5.74) is -1.88. The van der Waals surface area contributed by atoms with Crippen LogP contribution in [0.3, 0.4) is 0 Å². The molecular weight excluding hydrogens is 408 g/mol. The predicted octanol–water partition coefficient (Wildman–Crippen LogP) is 3.96. The summed E-state index contributed by atoms with van der Waals surface area (Å²) >= 11 is 0. The monoisotopic (exact) mass is 448 g/mol. The van der Waals surface area contributed by atoms with Gasteiger partial charge in [-0.2, -0.15) is 0 Å².